The summed E-state index contributed by atoms with van der Waals surface area (Å²) >= 11 is 0. The van der Waals surface area contributed by atoms with Gasteiger partial charge >= 0.3 is 5.97 Å². The Labute approximate surface area is 167 Å². The molecule has 0 aliphatic carbocycles. The maximum absolute atomic E-state index is 12.3. The predicted octanol–water partition coefficient (Wildman–Crippen LogP) is 5.16. The molecule has 2 aromatic carbocycles. The molecule has 0 N–H and O–H groups in total. The van der Waals surface area contributed by atoms with Gasteiger partial charge in [-0.05, 0) is 64.3 Å². The number of benzene rings is 2. The Morgan fingerprint density at radius 3 is 1.72 bits per heavy atom. The fourth-order valence-electron chi connectivity index (χ4n) is 2.66. The van der Waals surface area contributed by atoms with Gasteiger partial charge in [0.1, 0.15) is 22.9 Å². The second-order valence-corrected chi connectivity index (χ2v) is 5.92. The van der Waals surface area contributed by atoms with E-state index in [1.54, 1.807) is 43.3 Å². The Morgan fingerprint density at radius 2 is 1.31 bits per heavy atom. The molecule has 0 aliphatic heterocycles. The first-order chi connectivity index (χ1) is 14.0. The van der Waals surface area contributed by atoms with Gasteiger partial charge in [0.05, 0.1) is 26.9 Å². The van der Waals surface area contributed by atoms with Gasteiger partial charge in [0.2, 0.25) is 0 Å². The number of ether oxygens (including phenoxy) is 3. The highest BCUT2D eigenvalue weighted by atomic mass is 16.5. The van der Waals surface area contributed by atoms with Crippen LogP contribution in [0.3, 0.4) is 0 Å². The van der Waals surface area contributed by atoms with Crippen LogP contribution in [0.4, 0.5) is 11.4 Å². The van der Waals surface area contributed by atoms with Crippen LogP contribution in [-0.2, 0) is 9.53 Å². The molecule has 0 aliphatic rings. The fraction of sp³-hybridized carbons (Fsp3) is 0.190. The first kappa shape index (κ1) is 21.5. The molecule has 8 nitrogen and oxygen atoms in total. The van der Waals surface area contributed by atoms with Crippen LogP contribution in [0, 0.1) is 9.81 Å². The number of methoxy groups -OCH3 is 3. The van der Waals surface area contributed by atoms with Crippen molar-refractivity contribution in [1.29, 1.82) is 0 Å². The van der Waals surface area contributed by atoms with E-state index in [-0.39, 0.29) is 11.4 Å². The van der Waals surface area contributed by atoms with E-state index in [2.05, 4.69) is 10.4 Å². The van der Waals surface area contributed by atoms with Crippen molar-refractivity contribution in [3.63, 3.8) is 0 Å². The third-order valence-corrected chi connectivity index (χ3v) is 4.13. The van der Waals surface area contributed by atoms with Crippen molar-refractivity contribution in [2.75, 3.05) is 21.3 Å². The van der Waals surface area contributed by atoms with Crippen molar-refractivity contribution in [3.05, 3.63) is 68.5 Å². The Bertz CT molecular complexity index is 995. The van der Waals surface area contributed by atoms with Crippen molar-refractivity contribution in [2.45, 2.75) is 6.92 Å². The number of hydrogen-bond donors (Lipinski definition) is 0. The van der Waals surface area contributed by atoms with E-state index in [4.69, 9.17) is 14.2 Å². The smallest absolute Gasteiger partial charge is 0.338 e. The molecule has 0 heterocycles. The van der Waals surface area contributed by atoms with Crippen molar-refractivity contribution in [2.24, 2.45) is 10.4 Å². The molecule has 150 valence electrons. The third kappa shape index (κ3) is 5.13. The molecule has 0 atom stereocenters. The van der Waals surface area contributed by atoms with Gasteiger partial charge in [-0.3, -0.25) is 0 Å². The van der Waals surface area contributed by atoms with Crippen LogP contribution in [-0.4, -0.2) is 27.3 Å². The molecular weight excluding hydrogens is 376 g/mol. The number of rotatable bonds is 8. The molecule has 0 bridgehead atoms. The van der Waals surface area contributed by atoms with Crippen molar-refractivity contribution >= 4 is 29.5 Å². The zero-order chi connectivity index (χ0) is 21.4. The summed E-state index contributed by atoms with van der Waals surface area (Å²) in [5.41, 5.74) is 2.59. The largest absolute Gasteiger partial charge is 0.494 e. The van der Waals surface area contributed by atoms with E-state index in [1.165, 1.54) is 33.5 Å². The van der Waals surface area contributed by atoms with Gasteiger partial charge in [0.25, 0.3) is 0 Å². The van der Waals surface area contributed by atoms with Crippen LogP contribution < -0.4 is 9.47 Å². The van der Waals surface area contributed by atoms with E-state index in [0.29, 0.717) is 33.8 Å². The van der Waals surface area contributed by atoms with Gasteiger partial charge < -0.3 is 14.2 Å². The normalized spacial score (nSPS) is 11.6. The Balaban J connectivity index is 2.51. The number of nitrogens with zero attached hydrogens (tertiary/aromatic N) is 2. The summed E-state index contributed by atoms with van der Waals surface area (Å²) in [6.45, 7) is 1.75. The fourth-order valence-corrected chi connectivity index (χ4v) is 2.66. The number of carbonyl (C=O) groups excluding carboxylic acids is 1. The highest BCUT2D eigenvalue weighted by molar-refractivity contribution is 5.99. The molecule has 2 aromatic rings. The van der Waals surface area contributed by atoms with Gasteiger partial charge in [-0.1, -0.05) is 18.2 Å². The van der Waals surface area contributed by atoms with Crippen LogP contribution >= 0.6 is 0 Å². The molecule has 0 saturated carbocycles. The Morgan fingerprint density at radius 1 is 0.828 bits per heavy atom. The molecule has 0 unspecified atom stereocenters. The summed E-state index contributed by atoms with van der Waals surface area (Å²) in [7, 11) is 4.15. The standard InChI is InChI=1S/C21H20N2O6/c1-13(9-14-5-7-17(22-25)19(11-14)27-2)16(21(24)29-4)10-15-6-8-18(23-26)20(12-15)28-3/h5-12H,1-4H3/b13-9+,16-10+. The van der Waals surface area contributed by atoms with Crippen LogP contribution in [0.25, 0.3) is 12.2 Å². The van der Waals surface area contributed by atoms with Crippen molar-refractivity contribution in [1.82, 2.24) is 0 Å². The lowest BCUT2D eigenvalue weighted by atomic mass is 10.0. The minimum absolute atomic E-state index is 0.160. The summed E-state index contributed by atoms with van der Waals surface area (Å²) < 4.78 is 15.2. The Hall–Kier alpha value is -3.81. The average molecular weight is 396 g/mol. The summed E-state index contributed by atoms with van der Waals surface area (Å²) in [4.78, 5) is 34.0. The minimum atomic E-state index is -0.534. The number of hydrogen-bond acceptors (Lipinski definition) is 8. The summed E-state index contributed by atoms with van der Waals surface area (Å²) in [5.74, 6) is 0.0848. The number of esters is 1. The highest BCUT2D eigenvalue weighted by Gasteiger charge is 2.14. The summed E-state index contributed by atoms with van der Waals surface area (Å²) in [6, 6.07) is 9.60. The zero-order valence-electron chi connectivity index (χ0n) is 16.5. The van der Waals surface area contributed by atoms with E-state index < -0.39 is 5.97 Å². The molecule has 0 saturated heterocycles. The lowest BCUT2D eigenvalue weighted by Gasteiger charge is -2.09. The molecule has 0 aromatic heterocycles. The van der Waals surface area contributed by atoms with Crippen molar-refractivity contribution < 1.29 is 19.0 Å². The maximum Gasteiger partial charge on any atom is 0.338 e. The number of nitroso groups, excluding NO2 is 2. The van der Waals surface area contributed by atoms with E-state index in [1.807, 2.05) is 0 Å². The SMILES string of the molecule is COC(=O)C(=C/c1ccc(N=O)c(OC)c1)/C(C)=C/c1ccc(N=O)c(OC)c1. The predicted molar refractivity (Wildman–Crippen MR) is 111 cm³/mol. The average Bonchev–Trinajstić information content (AvgIpc) is 2.76. The molecule has 0 fully saturated rings. The number of carbonyl (C=O) groups is 1. The molecule has 0 radical (unpaired) electrons. The van der Waals surface area contributed by atoms with Gasteiger partial charge in [-0.2, -0.15) is 0 Å². The molecule has 29 heavy (non-hydrogen) atoms. The monoisotopic (exact) mass is 396 g/mol. The van der Waals surface area contributed by atoms with E-state index in [9.17, 15) is 14.6 Å². The lowest BCUT2D eigenvalue weighted by molar-refractivity contribution is -0.135. The quantitative estimate of drug-likeness (QED) is 0.264. The topological polar surface area (TPSA) is 104 Å². The molecule has 0 amide bonds. The van der Waals surface area contributed by atoms with Crippen LogP contribution in [0.5, 0.6) is 11.5 Å². The first-order valence-electron chi connectivity index (χ1n) is 8.48. The molecular formula is C21H20N2O6. The van der Waals surface area contributed by atoms with Gasteiger partial charge in [-0.15, -0.1) is 9.81 Å². The minimum Gasteiger partial charge on any atom is -0.494 e. The van der Waals surface area contributed by atoms with Gasteiger partial charge in [0.15, 0.2) is 0 Å². The van der Waals surface area contributed by atoms with Crippen LogP contribution in [0.2, 0.25) is 0 Å². The summed E-state index contributed by atoms with van der Waals surface area (Å²) in [5, 5.41) is 5.80. The zero-order valence-corrected chi connectivity index (χ0v) is 16.5. The first-order valence-corrected chi connectivity index (χ1v) is 8.48. The van der Waals surface area contributed by atoms with Gasteiger partial charge in [0, 0.05) is 0 Å². The third-order valence-electron chi connectivity index (χ3n) is 4.13. The lowest BCUT2D eigenvalue weighted by Crippen LogP contribution is -2.06. The molecule has 0 spiro atoms. The van der Waals surface area contributed by atoms with Gasteiger partial charge in [-0.25, -0.2) is 4.79 Å². The van der Waals surface area contributed by atoms with Crippen molar-refractivity contribution in [3.8, 4) is 11.5 Å². The summed E-state index contributed by atoms with van der Waals surface area (Å²) in [6.07, 6.45) is 3.37. The highest BCUT2D eigenvalue weighted by Crippen LogP contribution is 2.31. The second-order valence-electron chi connectivity index (χ2n) is 5.92. The van der Waals surface area contributed by atoms with E-state index >= 15 is 0 Å². The van der Waals surface area contributed by atoms with E-state index in [0.717, 1.165) is 0 Å². The van der Waals surface area contributed by atoms with Crippen LogP contribution in [0.15, 0.2) is 57.9 Å². The Kier molecular flexibility index (Phi) is 7.36. The maximum atomic E-state index is 12.3. The van der Waals surface area contributed by atoms with Crippen LogP contribution in [0.1, 0.15) is 18.1 Å². The second kappa shape index (κ2) is 9.93. The molecule has 8 heteroatoms. The molecule has 2 rings (SSSR count).